The molecule has 0 fully saturated rings. The number of aromatic nitrogens is 2. The Hall–Kier alpha value is -1.29. The average Bonchev–Trinajstić information content (AvgIpc) is 2.56. The Kier molecular flexibility index (Phi) is 2.54. The third-order valence-electron chi connectivity index (χ3n) is 1.91. The van der Waals surface area contributed by atoms with Crippen LogP contribution >= 0.6 is 15.9 Å². The summed E-state index contributed by atoms with van der Waals surface area (Å²) < 4.78 is 2.74. The lowest BCUT2D eigenvalue weighted by Gasteiger charge is -2.03. The van der Waals surface area contributed by atoms with Crippen molar-refractivity contribution in [1.29, 1.82) is 0 Å². The van der Waals surface area contributed by atoms with Crippen LogP contribution in [0.4, 0.5) is 0 Å². The lowest BCUT2D eigenvalue weighted by atomic mass is 10.2. The Labute approximate surface area is 90.1 Å². The second kappa shape index (κ2) is 3.84. The molecule has 14 heavy (non-hydrogen) atoms. The first-order chi connectivity index (χ1) is 6.75. The van der Waals surface area contributed by atoms with Crippen LogP contribution in [-0.4, -0.2) is 14.9 Å². The summed E-state index contributed by atoms with van der Waals surface area (Å²) in [6, 6.07) is 7.94. The first-order valence-electron chi connectivity index (χ1n) is 4.20. The fraction of sp³-hybridized carbons (Fsp3) is 0.100. The molecule has 0 bridgehead atoms. The van der Waals surface area contributed by atoms with Gasteiger partial charge in [0.2, 0.25) is 0 Å². The van der Waals surface area contributed by atoms with Crippen molar-refractivity contribution in [2.75, 3.05) is 0 Å². The number of hydrogen-bond acceptors (Lipinski definition) is 2. The van der Waals surface area contributed by atoms with E-state index >= 15 is 0 Å². The van der Waals surface area contributed by atoms with Gasteiger partial charge in [0.1, 0.15) is 0 Å². The molecule has 0 spiro atoms. The van der Waals surface area contributed by atoms with Crippen molar-refractivity contribution in [3.05, 3.63) is 46.7 Å². The molecule has 0 aliphatic carbocycles. The van der Waals surface area contributed by atoms with Gasteiger partial charge in [0.05, 0.1) is 18.9 Å². The molecular formula is C10H9BrN2O. The molecule has 1 heterocycles. The number of hydrogen-bond donors (Lipinski definition) is 1. The summed E-state index contributed by atoms with van der Waals surface area (Å²) in [5, 5.41) is 13.1. The first kappa shape index (κ1) is 9.27. The van der Waals surface area contributed by atoms with Crippen molar-refractivity contribution in [2.45, 2.75) is 6.54 Å². The largest absolute Gasteiger partial charge is 0.505 e. The lowest BCUT2D eigenvalue weighted by molar-refractivity contribution is 0.474. The number of halogens is 1. The van der Waals surface area contributed by atoms with Gasteiger partial charge in [-0.1, -0.05) is 34.1 Å². The highest BCUT2D eigenvalue weighted by Gasteiger charge is 2.00. The van der Waals surface area contributed by atoms with E-state index in [0.717, 1.165) is 10.0 Å². The van der Waals surface area contributed by atoms with Crippen LogP contribution in [0.3, 0.4) is 0 Å². The fourth-order valence-electron chi connectivity index (χ4n) is 1.24. The molecule has 2 aromatic rings. The van der Waals surface area contributed by atoms with Crippen molar-refractivity contribution in [3.8, 4) is 5.75 Å². The van der Waals surface area contributed by atoms with E-state index < -0.39 is 0 Å². The quantitative estimate of drug-likeness (QED) is 0.892. The zero-order chi connectivity index (χ0) is 9.97. The van der Waals surface area contributed by atoms with Gasteiger partial charge in [0, 0.05) is 4.47 Å². The molecule has 1 aromatic heterocycles. The zero-order valence-corrected chi connectivity index (χ0v) is 8.98. The van der Waals surface area contributed by atoms with E-state index in [-0.39, 0.29) is 5.75 Å². The molecule has 0 unspecified atom stereocenters. The van der Waals surface area contributed by atoms with E-state index in [1.54, 1.807) is 10.9 Å². The van der Waals surface area contributed by atoms with Crippen LogP contribution in [0.25, 0.3) is 0 Å². The van der Waals surface area contributed by atoms with Crippen LogP contribution in [0, 0.1) is 0 Å². The van der Waals surface area contributed by atoms with E-state index in [4.69, 9.17) is 5.11 Å². The maximum atomic E-state index is 9.11. The smallest absolute Gasteiger partial charge is 0.153 e. The van der Waals surface area contributed by atoms with E-state index in [2.05, 4.69) is 21.0 Å². The van der Waals surface area contributed by atoms with Gasteiger partial charge < -0.3 is 5.11 Å². The van der Waals surface area contributed by atoms with E-state index in [9.17, 15) is 0 Å². The van der Waals surface area contributed by atoms with Crippen molar-refractivity contribution in [1.82, 2.24) is 9.78 Å². The van der Waals surface area contributed by atoms with E-state index in [0.29, 0.717) is 6.54 Å². The van der Waals surface area contributed by atoms with Gasteiger partial charge in [-0.2, -0.15) is 5.10 Å². The van der Waals surface area contributed by atoms with Crippen molar-refractivity contribution in [3.63, 3.8) is 0 Å². The van der Waals surface area contributed by atoms with Crippen LogP contribution in [0.1, 0.15) is 5.56 Å². The summed E-state index contributed by atoms with van der Waals surface area (Å²) >= 11 is 3.46. The summed E-state index contributed by atoms with van der Waals surface area (Å²) in [6.07, 6.45) is 3.02. The van der Waals surface area contributed by atoms with Crippen LogP contribution in [0.2, 0.25) is 0 Å². The predicted octanol–water partition coefficient (Wildman–Crippen LogP) is 2.40. The standard InChI is InChI=1S/C10H9BrN2O/c11-10-4-2-1-3-8(10)6-13-7-9(14)5-12-13/h1-5,7,14H,6H2. The molecule has 4 heteroatoms. The maximum Gasteiger partial charge on any atom is 0.153 e. The number of aromatic hydroxyl groups is 1. The molecule has 0 aliphatic heterocycles. The predicted molar refractivity (Wildman–Crippen MR) is 57.1 cm³/mol. The third-order valence-corrected chi connectivity index (χ3v) is 2.68. The molecule has 3 nitrogen and oxygen atoms in total. The van der Waals surface area contributed by atoms with Gasteiger partial charge in [-0.25, -0.2) is 0 Å². The monoisotopic (exact) mass is 252 g/mol. The molecule has 0 saturated carbocycles. The maximum absolute atomic E-state index is 9.11. The lowest BCUT2D eigenvalue weighted by Crippen LogP contribution is -2.00. The van der Waals surface area contributed by atoms with Crippen molar-refractivity contribution in [2.24, 2.45) is 0 Å². The van der Waals surface area contributed by atoms with Gasteiger partial charge >= 0.3 is 0 Å². The minimum absolute atomic E-state index is 0.192. The van der Waals surface area contributed by atoms with Crippen molar-refractivity contribution >= 4 is 15.9 Å². The summed E-state index contributed by atoms with van der Waals surface area (Å²) in [5.74, 6) is 0.192. The molecule has 2 rings (SSSR count). The van der Waals surface area contributed by atoms with Gasteiger partial charge in [-0.3, -0.25) is 4.68 Å². The van der Waals surface area contributed by atoms with Gasteiger partial charge in [0.15, 0.2) is 5.75 Å². The minimum Gasteiger partial charge on any atom is -0.505 e. The topological polar surface area (TPSA) is 38.1 Å². The van der Waals surface area contributed by atoms with Crippen LogP contribution in [-0.2, 0) is 6.54 Å². The van der Waals surface area contributed by atoms with Crippen LogP contribution < -0.4 is 0 Å². The average molecular weight is 253 g/mol. The van der Waals surface area contributed by atoms with Gasteiger partial charge in [-0.15, -0.1) is 0 Å². The summed E-state index contributed by atoms with van der Waals surface area (Å²) in [5.41, 5.74) is 1.13. The number of nitrogens with zero attached hydrogens (tertiary/aromatic N) is 2. The highest BCUT2D eigenvalue weighted by atomic mass is 79.9. The van der Waals surface area contributed by atoms with Gasteiger partial charge in [-0.05, 0) is 11.6 Å². The SMILES string of the molecule is Oc1cnn(Cc2ccccc2Br)c1. The highest BCUT2D eigenvalue weighted by molar-refractivity contribution is 9.10. The number of benzene rings is 1. The molecule has 0 aliphatic rings. The minimum atomic E-state index is 0.192. The Balaban J connectivity index is 2.23. The second-order valence-corrected chi connectivity index (χ2v) is 3.84. The van der Waals surface area contributed by atoms with E-state index in [1.165, 1.54) is 6.20 Å². The molecule has 1 aromatic carbocycles. The molecular weight excluding hydrogens is 244 g/mol. The third kappa shape index (κ3) is 1.96. The highest BCUT2D eigenvalue weighted by Crippen LogP contribution is 2.17. The van der Waals surface area contributed by atoms with E-state index in [1.807, 2.05) is 24.3 Å². The summed E-state index contributed by atoms with van der Waals surface area (Å²) in [6.45, 7) is 0.655. The fourth-order valence-corrected chi connectivity index (χ4v) is 1.65. The Morgan fingerprint density at radius 3 is 2.79 bits per heavy atom. The van der Waals surface area contributed by atoms with Crippen LogP contribution in [0.5, 0.6) is 5.75 Å². The van der Waals surface area contributed by atoms with Crippen LogP contribution in [0.15, 0.2) is 41.1 Å². The Morgan fingerprint density at radius 1 is 1.36 bits per heavy atom. The van der Waals surface area contributed by atoms with Crippen molar-refractivity contribution < 1.29 is 5.11 Å². The zero-order valence-electron chi connectivity index (χ0n) is 7.39. The van der Waals surface area contributed by atoms with Gasteiger partial charge in [0.25, 0.3) is 0 Å². The normalized spacial score (nSPS) is 10.4. The summed E-state index contributed by atoms with van der Waals surface area (Å²) in [4.78, 5) is 0. The Bertz CT molecular complexity index is 439. The molecule has 0 radical (unpaired) electrons. The Morgan fingerprint density at radius 2 is 2.14 bits per heavy atom. The first-order valence-corrected chi connectivity index (χ1v) is 5.00. The molecule has 0 saturated heterocycles. The number of rotatable bonds is 2. The summed E-state index contributed by atoms with van der Waals surface area (Å²) in [7, 11) is 0. The second-order valence-electron chi connectivity index (χ2n) is 2.99. The molecule has 1 N–H and O–H groups in total. The molecule has 0 amide bonds. The molecule has 0 atom stereocenters. The molecule has 72 valence electrons.